The topological polar surface area (TPSA) is 105 Å². The summed E-state index contributed by atoms with van der Waals surface area (Å²) in [7, 11) is 0. The second-order valence-electron chi connectivity index (χ2n) is 7.41. The van der Waals surface area contributed by atoms with Crippen LogP contribution in [0.1, 0.15) is 32.3 Å². The summed E-state index contributed by atoms with van der Waals surface area (Å²) in [4.78, 5) is 25.8. The molecular formula is C21H28N4O3. The monoisotopic (exact) mass is 384 g/mol. The summed E-state index contributed by atoms with van der Waals surface area (Å²) in [6, 6.07) is 11.3. The Bertz CT molecular complexity index is 732. The molecule has 1 fully saturated rings. The van der Waals surface area contributed by atoms with Gasteiger partial charge in [-0.05, 0) is 24.3 Å². The van der Waals surface area contributed by atoms with Crippen LogP contribution in [0.4, 0.5) is 0 Å². The van der Waals surface area contributed by atoms with E-state index in [0.29, 0.717) is 0 Å². The van der Waals surface area contributed by atoms with Crippen molar-refractivity contribution in [3.8, 4) is 6.07 Å². The summed E-state index contributed by atoms with van der Waals surface area (Å²) in [5.41, 5.74) is 1.17. The molecule has 0 aliphatic carbocycles. The second-order valence-corrected chi connectivity index (χ2v) is 7.41. The predicted molar refractivity (Wildman–Crippen MR) is 106 cm³/mol. The van der Waals surface area contributed by atoms with Gasteiger partial charge in [0.05, 0.1) is 0 Å². The zero-order valence-corrected chi connectivity index (χ0v) is 16.4. The van der Waals surface area contributed by atoms with E-state index in [1.165, 1.54) is 11.8 Å². The van der Waals surface area contributed by atoms with Crippen LogP contribution in [-0.2, 0) is 16.1 Å². The molecule has 0 aromatic heterocycles. The molecule has 2 rings (SSSR count). The minimum Gasteiger partial charge on any atom is -0.480 e. The van der Waals surface area contributed by atoms with Crippen molar-refractivity contribution in [2.24, 2.45) is 5.92 Å². The van der Waals surface area contributed by atoms with Crippen molar-refractivity contribution >= 4 is 11.9 Å². The van der Waals surface area contributed by atoms with Crippen LogP contribution in [0.15, 0.2) is 42.1 Å². The Labute approximate surface area is 166 Å². The maximum absolute atomic E-state index is 12.2. The molecule has 7 nitrogen and oxygen atoms in total. The van der Waals surface area contributed by atoms with Crippen LogP contribution in [0.2, 0.25) is 0 Å². The third kappa shape index (κ3) is 6.39. The lowest BCUT2D eigenvalue weighted by Crippen LogP contribution is -2.45. The zero-order valence-electron chi connectivity index (χ0n) is 16.4. The number of benzene rings is 1. The van der Waals surface area contributed by atoms with Crippen LogP contribution < -0.4 is 10.6 Å². The smallest absolute Gasteiger partial charge is 0.326 e. The van der Waals surface area contributed by atoms with Crippen molar-refractivity contribution in [1.82, 2.24) is 15.5 Å². The normalized spacial score (nSPS) is 17.0. The van der Waals surface area contributed by atoms with E-state index >= 15 is 0 Å². The minimum atomic E-state index is -1.11. The summed E-state index contributed by atoms with van der Waals surface area (Å²) >= 11 is 0. The number of nitriles is 1. The lowest BCUT2D eigenvalue weighted by Gasteiger charge is -2.32. The molecule has 0 spiro atoms. The third-order valence-corrected chi connectivity index (χ3v) is 4.88. The molecule has 1 saturated heterocycles. The summed E-state index contributed by atoms with van der Waals surface area (Å²) in [5.74, 6) is -2.06. The van der Waals surface area contributed by atoms with E-state index in [2.05, 4.69) is 27.7 Å². The average molecular weight is 384 g/mol. The number of carboxylic acids is 1. The number of carbonyl (C=O) groups excluding carboxylic acids is 1. The first kappa shape index (κ1) is 21.5. The van der Waals surface area contributed by atoms with Gasteiger partial charge in [-0.3, -0.25) is 9.69 Å². The van der Waals surface area contributed by atoms with Crippen molar-refractivity contribution in [2.45, 2.75) is 45.3 Å². The number of piperidine rings is 1. The average Bonchev–Trinajstić information content (AvgIpc) is 2.68. The van der Waals surface area contributed by atoms with Gasteiger partial charge in [0, 0.05) is 31.9 Å². The van der Waals surface area contributed by atoms with Gasteiger partial charge in [0.25, 0.3) is 5.91 Å². The summed E-state index contributed by atoms with van der Waals surface area (Å²) in [5, 5.41) is 24.0. The molecule has 0 radical (unpaired) electrons. The summed E-state index contributed by atoms with van der Waals surface area (Å²) < 4.78 is 0. The highest BCUT2D eigenvalue weighted by Gasteiger charge is 2.25. The Balaban J connectivity index is 1.84. The van der Waals surface area contributed by atoms with Crippen molar-refractivity contribution in [1.29, 1.82) is 5.26 Å². The largest absolute Gasteiger partial charge is 0.480 e. The van der Waals surface area contributed by atoms with Gasteiger partial charge in [-0.25, -0.2) is 4.79 Å². The first-order valence-corrected chi connectivity index (χ1v) is 9.57. The van der Waals surface area contributed by atoms with Gasteiger partial charge in [0.2, 0.25) is 0 Å². The minimum absolute atomic E-state index is 0.112. The number of hydrogen-bond acceptors (Lipinski definition) is 5. The van der Waals surface area contributed by atoms with Crippen LogP contribution >= 0.6 is 0 Å². The van der Waals surface area contributed by atoms with Crippen molar-refractivity contribution in [2.75, 3.05) is 13.1 Å². The fourth-order valence-corrected chi connectivity index (χ4v) is 3.18. The molecule has 1 unspecified atom stereocenters. The molecule has 3 N–H and O–H groups in total. The van der Waals surface area contributed by atoms with Gasteiger partial charge in [-0.1, -0.05) is 44.2 Å². The number of nitrogens with one attached hydrogen (secondary N) is 2. The van der Waals surface area contributed by atoms with Gasteiger partial charge in [0.15, 0.2) is 0 Å². The first-order chi connectivity index (χ1) is 13.4. The molecule has 1 amide bonds. The lowest BCUT2D eigenvalue weighted by molar-refractivity contribution is -0.142. The van der Waals surface area contributed by atoms with Crippen LogP contribution in [0.25, 0.3) is 0 Å². The number of carboxylic acid groups (broad SMARTS) is 1. The lowest BCUT2D eigenvalue weighted by atomic mass is 10.0. The molecule has 1 aromatic rings. The first-order valence-electron chi connectivity index (χ1n) is 9.57. The van der Waals surface area contributed by atoms with Crippen LogP contribution in [-0.4, -0.2) is 47.1 Å². The third-order valence-electron chi connectivity index (χ3n) is 4.88. The van der Waals surface area contributed by atoms with E-state index in [-0.39, 0.29) is 17.5 Å². The van der Waals surface area contributed by atoms with E-state index < -0.39 is 17.9 Å². The highest BCUT2D eigenvalue weighted by Crippen LogP contribution is 2.14. The van der Waals surface area contributed by atoms with Crippen LogP contribution in [0.5, 0.6) is 0 Å². The number of amides is 1. The SMILES string of the molecule is CC(C)C(NC(=O)/C(C#N)=C\NC1CCN(Cc2ccccc2)CC1)C(=O)O. The van der Waals surface area contributed by atoms with E-state index in [0.717, 1.165) is 32.5 Å². The summed E-state index contributed by atoms with van der Waals surface area (Å²) in [6.45, 7) is 6.19. The fraction of sp³-hybridized carbons (Fsp3) is 0.476. The maximum Gasteiger partial charge on any atom is 0.326 e. The van der Waals surface area contributed by atoms with E-state index in [4.69, 9.17) is 0 Å². The number of carbonyl (C=O) groups is 2. The second kappa shape index (κ2) is 10.5. The van der Waals surface area contributed by atoms with E-state index in [1.807, 2.05) is 24.3 Å². The van der Waals surface area contributed by atoms with Crippen molar-refractivity contribution in [3.63, 3.8) is 0 Å². The molecule has 1 atom stereocenters. The Morgan fingerprint density at radius 2 is 1.93 bits per heavy atom. The Kier molecular flexibility index (Phi) is 8.02. The van der Waals surface area contributed by atoms with Gasteiger partial charge in [-0.15, -0.1) is 0 Å². The Morgan fingerprint density at radius 1 is 1.29 bits per heavy atom. The highest BCUT2D eigenvalue weighted by atomic mass is 16.4. The highest BCUT2D eigenvalue weighted by molar-refractivity contribution is 5.99. The van der Waals surface area contributed by atoms with Gasteiger partial charge >= 0.3 is 5.97 Å². The quantitative estimate of drug-likeness (QED) is 0.467. The number of aliphatic carboxylic acids is 1. The van der Waals surface area contributed by atoms with Gasteiger partial charge in [0.1, 0.15) is 17.7 Å². The molecule has 0 bridgehead atoms. The van der Waals surface area contributed by atoms with Gasteiger partial charge < -0.3 is 15.7 Å². The molecule has 28 heavy (non-hydrogen) atoms. The molecule has 1 aromatic carbocycles. The van der Waals surface area contributed by atoms with Crippen molar-refractivity contribution < 1.29 is 14.7 Å². The van der Waals surface area contributed by atoms with E-state index in [9.17, 15) is 20.0 Å². The van der Waals surface area contributed by atoms with Gasteiger partial charge in [-0.2, -0.15) is 5.26 Å². The molecule has 0 saturated carbocycles. The predicted octanol–water partition coefficient (Wildman–Crippen LogP) is 1.87. The number of hydrogen-bond donors (Lipinski definition) is 3. The number of rotatable bonds is 8. The molecule has 1 aliphatic rings. The standard InChI is InChI=1S/C21H28N4O3/c1-15(2)19(21(27)28)24-20(26)17(12-22)13-23-18-8-10-25(11-9-18)14-16-6-4-3-5-7-16/h3-7,13,15,18-19,23H,8-11,14H2,1-2H3,(H,24,26)(H,27,28)/b17-13-. The zero-order chi connectivity index (χ0) is 20.5. The molecule has 7 heteroatoms. The summed E-state index contributed by atoms with van der Waals surface area (Å²) in [6.07, 6.45) is 3.23. The van der Waals surface area contributed by atoms with Crippen LogP contribution in [0.3, 0.4) is 0 Å². The molecular weight excluding hydrogens is 356 g/mol. The number of likely N-dealkylation sites (tertiary alicyclic amines) is 1. The molecule has 1 aliphatic heterocycles. The Morgan fingerprint density at radius 3 is 2.46 bits per heavy atom. The maximum atomic E-state index is 12.2. The molecule has 150 valence electrons. The van der Waals surface area contributed by atoms with Crippen molar-refractivity contribution in [3.05, 3.63) is 47.7 Å². The Hall–Kier alpha value is -2.85. The number of nitrogens with zero attached hydrogens (tertiary/aromatic N) is 2. The van der Waals surface area contributed by atoms with Crippen LogP contribution in [0, 0.1) is 17.2 Å². The fourth-order valence-electron chi connectivity index (χ4n) is 3.18. The van der Waals surface area contributed by atoms with E-state index in [1.54, 1.807) is 13.8 Å². The molecule has 1 heterocycles.